The summed E-state index contributed by atoms with van der Waals surface area (Å²) in [5, 5.41) is 28.1. The van der Waals surface area contributed by atoms with Crippen LogP contribution < -0.4 is 5.32 Å². The van der Waals surface area contributed by atoms with Gasteiger partial charge >= 0.3 is 0 Å². The van der Waals surface area contributed by atoms with E-state index in [1.807, 2.05) is 36.7 Å². The Morgan fingerprint density at radius 2 is 1.87 bits per heavy atom. The summed E-state index contributed by atoms with van der Waals surface area (Å²) in [5.74, 6) is -0.258. The van der Waals surface area contributed by atoms with Gasteiger partial charge in [0.25, 0.3) is 0 Å². The highest BCUT2D eigenvalue weighted by molar-refractivity contribution is 5.81. The van der Waals surface area contributed by atoms with Gasteiger partial charge in [0, 0.05) is 16.8 Å². The van der Waals surface area contributed by atoms with Gasteiger partial charge in [0.15, 0.2) is 17.7 Å². The standard InChI is InChI=1S/C18H17N3O2/c1-10-5-3-6-12-14-9-11(2)20-21(14)18(19-16(10)12)13-7-4-8-15(22)17(13)23/h3-9,18-19,22-23H,1-2H3/t18-/m1/s1. The molecule has 23 heavy (non-hydrogen) atoms. The number of phenols is 2. The van der Waals surface area contributed by atoms with E-state index in [1.54, 1.807) is 12.1 Å². The van der Waals surface area contributed by atoms with Gasteiger partial charge in [-0.15, -0.1) is 0 Å². The first-order valence-electron chi connectivity index (χ1n) is 7.50. The molecule has 1 aromatic heterocycles. The van der Waals surface area contributed by atoms with Crippen LogP contribution in [0.15, 0.2) is 42.5 Å². The van der Waals surface area contributed by atoms with E-state index in [2.05, 4.69) is 16.5 Å². The van der Waals surface area contributed by atoms with Gasteiger partial charge in [-0.2, -0.15) is 5.10 Å². The van der Waals surface area contributed by atoms with Crippen LogP contribution in [0.5, 0.6) is 11.5 Å². The van der Waals surface area contributed by atoms with Gasteiger partial charge in [-0.05, 0) is 31.5 Å². The summed E-state index contributed by atoms with van der Waals surface area (Å²) in [5.41, 5.74) is 5.71. The third-order valence-electron chi connectivity index (χ3n) is 4.27. The number of anilines is 1. The minimum absolute atomic E-state index is 0.124. The lowest BCUT2D eigenvalue weighted by molar-refractivity contribution is 0.392. The van der Waals surface area contributed by atoms with E-state index in [-0.39, 0.29) is 17.7 Å². The molecule has 0 bridgehead atoms. The second-order valence-electron chi connectivity index (χ2n) is 5.87. The number of aryl methyl sites for hydroxylation is 2. The van der Waals surface area contributed by atoms with E-state index >= 15 is 0 Å². The van der Waals surface area contributed by atoms with Crippen molar-refractivity contribution in [3.8, 4) is 22.8 Å². The first kappa shape index (κ1) is 13.7. The fourth-order valence-electron chi connectivity index (χ4n) is 3.16. The summed E-state index contributed by atoms with van der Waals surface area (Å²) in [6, 6.07) is 13.1. The van der Waals surface area contributed by atoms with Gasteiger partial charge < -0.3 is 15.5 Å². The van der Waals surface area contributed by atoms with Crippen molar-refractivity contribution in [1.82, 2.24) is 9.78 Å². The normalized spacial score (nSPS) is 15.7. The fraction of sp³-hybridized carbons (Fsp3) is 0.167. The molecule has 0 radical (unpaired) electrons. The lowest BCUT2D eigenvalue weighted by Gasteiger charge is -2.30. The van der Waals surface area contributed by atoms with Crippen molar-refractivity contribution in [3.63, 3.8) is 0 Å². The SMILES string of the molecule is Cc1cc2n(n1)[C@H](c1cccc(O)c1O)Nc1c(C)cccc1-2. The highest BCUT2D eigenvalue weighted by atomic mass is 16.3. The van der Waals surface area contributed by atoms with Crippen LogP contribution in [0.1, 0.15) is 23.0 Å². The first-order chi connectivity index (χ1) is 11.1. The Morgan fingerprint density at radius 1 is 1.09 bits per heavy atom. The Morgan fingerprint density at radius 3 is 2.70 bits per heavy atom. The van der Waals surface area contributed by atoms with Crippen molar-refractivity contribution in [2.45, 2.75) is 20.0 Å². The van der Waals surface area contributed by atoms with Crippen molar-refractivity contribution in [3.05, 3.63) is 59.3 Å². The number of aromatic nitrogens is 2. The van der Waals surface area contributed by atoms with Crippen LogP contribution in [0, 0.1) is 13.8 Å². The highest BCUT2D eigenvalue weighted by Gasteiger charge is 2.29. The molecule has 0 saturated heterocycles. The number of hydrogen-bond donors (Lipinski definition) is 3. The van der Waals surface area contributed by atoms with Crippen molar-refractivity contribution in [2.24, 2.45) is 0 Å². The molecule has 3 N–H and O–H groups in total. The van der Waals surface area contributed by atoms with Gasteiger partial charge in [0.2, 0.25) is 0 Å². The maximum absolute atomic E-state index is 10.3. The zero-order valence-corrected chi connectivity index (χ0v) is 12.9. The van der Waals surface area contributed by atoms with E-state index in [0.717, 1.165) is 28.2 Å². The van der Waals surface area contributed by atoms with Crippen molar-refractivity contribution >= 4 is 5.69 Å². The Labute approximate surface area is 133 Å². The average Bonchev–Trinajstić information content (AvgIpc) is 2.92. The van der Waals surface area contributed by atoms with E-state index < -0.39 is 0 Å². The highest BCUT2D eigenvalue weighted by Crippen LogP contribution is 2.43. The van der Waals surface area contributed by atoms with Gasteiger partial charge in [-0.1, -0.05) is 30.3 Å². The molecule has 2 heterocycles. The number of benzene rings is 2. The quantitative estimate of drug-likeness (QED) is 0.601. The molecule has 0 aliphatic carbocycles. The summed E-state index contributed by atoms with van der Waals surface area (Å²) in [7, 11) is 0. The molecule has 5 nitrogen and oxygen atoms in total. The molecular formula is C18H17N3O2. The number of nitrogens with one attached hydrogen (secondary N) is 1. The Balaban J connectivity index is 1.97. The summed E-state index contributed by atoms with van der Waals surface area (Å²) >= 11 is 0. The molecule has 0 spiro atoms. The molecule has 3 aromatic rings. The second-order valence-corrected chi connectivity index (χ2v) is 5.87. The molecule has 2 aromatic carbocycles. The average molecular weight is 307 g/mol. The minimum Gasteiger partial charge on any atom is -0.504 e. The molecule has 0 saturated carbocycles. The van der Waals surface area contributed by atoms with Crippen LogP contribution in [0.25, 0.3) is 11.3 Å². The zero-order chi connectivity index (χ0) is 16.1. The number of phenolic OH excluding ortho intramolecular Hbond substituents is 2. The molecule has 1 aliphatic heterocycles. The topological polar surface area (TPSA) is 70.3 Å². The number of rotatable bonds is 1. The summed E-state index contributed by atoms with van der Waals surface area (Å²) in [6.07, 6.45) is -0.376. The predicted octanol–water partition coefficient (Wildman–Crippen LogP) is 3.55. The van der Waals surface area contributed by atoms with Crippen LogP contribution in [0.2, 0.25) is 0 Å². The van der Waals surface area contributed by atoms with E-state index in [9.17, 15) is 10.2 Å². The lowest BCUT2D eigenvalue weighted by atomic mass is 10.00. The van der Waals surface area contributed by atoms with Crippen LogP contribution >= 0.6 is 0 Å². The number of nitrogens with zero attached hydrogens (tertiary/aromatic N) is 2. The van der Waals surface area contributed by atoms with Gasteiger partial charge in [0.1, 0.15) is 0 Å². The zero-order valence-electron chi connectivity index (χ0n) is 12.9. The lowest BCUT2D eigenvalue weighted by Crippen LogP contribution is -2.26. The third kappa shape index (κ3) is 1.97. The largest absolute Gasteiger partial charge is 0.504 e. The summed E-state index contributed by atoms with van der Waals surface area (Å²) in [4.78, 5) is 0. The molecule has 0 fully saturated rings. The molecule has 116 valence electrons. The minimum atomic E-state index is -0.376. The predicted molar refractivity (Wildman–Crippen MR) is 88.7 cm³/mol. The molecule has 1 atom stereocenters. The first-order valence-corrected chi connectivity index (χ1v) is 7.50. The Bertz CT molecular complexity index is 915. The second kappa shape index (κ2) is 4.78. The number of aromatic hydroxyl groups is 2. The fourth-order valence-corrected chi connectivity index (χ4v) is 3.16. The number of para-hydroxylation sites is 2. The van der Waals surface area contributed by atoms with Crippen molar-refractivity contribution < 1.29 is 10.2 Å². The van der Waals surface area contributed by atoms with Crippen molar-refractivity contribution in [1.29, 1.82) is 0 Å². The van der Waals surface area contributed by atoms with Crippen LogP contribution in [0.3, 0.4) is 0 Å². The molecule has 4 rings (SSSR count). The van der Waals surface area contributed by atoms with Crippen LogP contribution in [0.4, 0.5) is 5.69 Å². The Kier molecular flexibility index (Phi) is 2.84. The molecule has 1 aliphatic rings. The van der Waals surface area contributed by atoms with Crippen molar-refractivity contribution in [2.75, 3.05) is 5.32 Å². The molecule has 5 heteroatoms. The molecule has 0 unspecified atom stereocenters. The number of fused-ring (bicyclic) bond motifs is 3. The van der Waals surface area contributed by atoms with Crippen LogP contribution in [-0.2, 0) is 0 Å². The van der Waals surface area contributed by atoms with E-state index in [1.165, 1.54) is 6.07 Å². The maximum Gasteiger partial charge on any atom is 0.164 e. The number of hydrogen-bond acceptors (Lipinski definition) is 4. The third-order valence-corrected chi connectivity index (χ3v) is 4.27. The molecule has 0 amide bonds. The van der Waals surface area contributed by atoms with E-state index in [4.69, 9.17) is 0 Å². The Hall–Kier alpha value is -2.95. The van der Waals surface area contributed by atoms with Gasteiger partial charge in [-0.25, -0.2) is 4.68 Å². The molecular weight excluding hydrogens is 290 g/mol. The van der Waals surface area contributed by atoms with Gasteiger partial charge in [-0.3, -0.25) is 0 Å². The van der Waals surface area contributed by atoms with Gasteiger partial charge in [0.05, 0.1) is 11.4 Å². The monoisotopic (exact) mass is 307 g/mol. The summed E-state index contributed by atoms with van der Waals surface area (Å²) < 4.78 is 1.85. The summed E-state index contributed by atoms with van der Waals surface area (Å²) in [6.45, 7) is 3.99. The van der Waals surface area contributed by atoms with E-state index in [0.29, 0.717) is 5.56 Å². The maximum atomic E-state index is 10.3. The smallest absolute Gasteiger partial charge is 0.164 e. The van der Waals surface area contributed by atoms with Crippen LogP contribution in [-0.4, -0.2) is 20.0 Å².